The van der Waals surface area contributed by atoms with Crippen LogP contribution >= 0.6 is 0 Å². The van der Waals surface area contributed by atoms with Gasteiger partial charge in [0.15, 0.2) is 18.1 Å². The zero-order valence-corrected chi connectivity index (χ0v) is 19.1. The zero-order chi connectivity index (χ0) is 23.3. The minimum Gasteiger partial charge on any atom is -0.493 e. The van der Waals surface area contributed by atoms with E-state index in [0.29, 0.717) is 28.6 Å². The van der Waals surface area contributed by atoms with Gasteiger partial charge in [0.1, 0.15) is 12.2 Å². The molecule has 0 radical (unpaired) electrons. The van der Waals surface area contributed by atoms with E-state index >= 15 is 0 Å². The molecule has 1 aromatic heterocycles. The largest absolute Gasteiger partial charge is 0.493 e. The lowest BCUT2D eigenvalue weighted by atomic mass is 9.95. The monoisotopic (exact) mass is 436 g/mol. The Labute approximate surface area is 187 Å². The number of rotatable bonds is 8. The molecule has 3 aromatic rings. The van der Waals surface area contributed by atoms with E-state index in [2.05, 4.69) is 13.8 Å². The molecule has 0 amide bonds. The molecule has 0 fully saturated rings. The molecule has 0 saturated carbocycles. The summed E-state index contributed by atoms with van der Waals surface area (Å²) in [5.74, 6) is 0.726. The van der Waals surface area contributed by atoms with Gasteiger partial charge in [-0.15, -0.1) is 0 Å². The normalized spacial score (nSPS) is 11.3. The van der Waals surface area contributed by atoms with Gasteiger partial charge < -0.3 is 18.6 Å². The molecule has 0 bridgehead atoms. The Hall–Kier alpha value is -3.54. The zero-order valence-electron chi connectivity index (χ0n) is 19.1. The average Bonchev–Trinajstić information content (AvgIpc) is 2.75. The molecule has 0 aliphatic carbocycles. The van der Waals surface area contributed by atoms with Crippen molar-refractivity contribution in [3.8, 4) is 11.5 Å². The summed E-state index contributed by atoms with van der Waals surface area (Å²) in [6.45, 7) is 7.78. The van der Waals surface area contributed by atoms with Crippen molar-refractivity contribution in [1.82, 2.24) is 0 Å². The fourth-order valence-corrected chi connectivity index (χ4v) is 3.57. The van der Waals surface area contributed by atoms with Crippen molar-refractivity contribution in [2.75, 3.05) is 13.7 Å². The van der Waals surface area contributed by atoms with Crippen LogP contribution in [0.15, 0.2) is 51.7 Å². The van der Waals surface area contributed by atoms with Crippen molar-refractivity contribution in [1.29, 1.82) is 0 Å². The Morgan fingerprint density at radius 3 is 2.59 bits per heavy atom. The predicted octanol–water partition coefficient (Wildman–Crippen LogP) is 5.39. The molecule has 3 rings (SSSR count). The standard InChI is InChI=1S/C26H28O6/c1-6-7-18-8-9-22(24(11-18)29-5)30-15-26(28)31-14-19-12-25(27)32-23-10-17(4)20(16(2)3)13-21(19)23/h6-13,16H,14-15H2,1-5H3/b7-6+. The average molecular weight is 437 g/mol. The Morgan fingerprint density at radius 2 is 1.91 bits per heavy atom. The second-order valence-corrected chi connectivity index (χ2v) is 7.81. The molecular weight excluding hydrogens is 408 g/mol. The summed E-state index contributed by atoms with van der Waals surface area (Å²) in [7, 11) is 1.54. The van der Waals surface area contributed by atoms with Crippen molar-refractivity contribution >= 4 is 23.0 Å². The number of ether oxygens (including phenoxy) is 3. The van der Waals surface area contributed by atoms with Crippen molar-refractivity contribution in [3.63, 3.8) is 0 Å². The summed E-state index contributed by atoms with van der Waals surface area (Å²) < 4.78 is 21.7. The van der Waals surface area contributed by atoms with Crippen LogP contribution in [-0.4, -0.2) is 19.7 Å². The van der Waals surface area contributed by atoms with Crippen LogP contribution in [0.1, 0.15) is 48.9 Å². The summed E-state index contributed by atoms with van der Waals surface area (Å²) >= 11 is 0. The molecule has 6 nitrogen and oxygen atoms in total. The summed E-state index contributed by atoms with van der Waals surface area (Å²) in [6, 6.07) is 10.6. The molecule has 1 heterocycles. The van der Waals surface area contributed by atoms with Gasteiger partial charge in [-0.1, -0.05) is 32.1 Å². The van der Waals surface area contributed by atoms with E-state index in [1.54, 1.807) is 13.2 Å². The van der Waals surface area contributed by atoms with Gasteiger partial charge in [0.2, 0.25) is 0 Å². The Balaban J connectivity index is 1.72. The minimum absolute atomic E-state index is 0.0533. The number of allylic oxidation sites excluding steroid dienone is 1. The maximum atomic E-state index is 12.3. The number of hydrogen-bond acceptors (Lipinski definition) is 6. The lowest BCUT2D eigenvalue weighted by Crippen LogP contribution is -2.16. The van der Waals surface area contributed by atoms with E-state index in [1.165, 1.54) is 6.07 Å². The molecule has 32 heavy (non-hydrogen) atoms. The molecule has 0 aliphatic heterocycles. The molecule has 2 aromatic carbocycles. The molecule has 0 N–H and O–H groups in total. The van der Waals surface area contributed by atoms with Crippen LogP contribution < -0.4 is 15.1 Å². The van der Waals surface area contributed by atoms with Crippen molar-refractivity contribution < 1.29 is 23.4 Å². The number of methoxy groups -OCH3 is 1. The van der Waals surface area contributed by atoms with Gasteiger partial charge in [-0.2, -0.15) is 0 Å². The maximum Gasteiger partial charge on any atom is 0.344 e. The number of carbonyl (C=O) groups excluding carboxylic acids is 1. The highest BCUT2D eigenvalue weighted by Crippen LogP contribution is 2.29. The first kappa shape index (κ1) is 23.1. The number of benzene rings is 2. The van der Waals surface area contributed by atoms with Crippen molar-refractivity contribution in [2.24, 2.45) is 0 Å². The van der Waals surface area contributed by atoms with Crippen molar-refractivity contribution in [2.45, 2.75) is 40.2 Å². The van der Waals surface area contributed by atoms with Crippen LogP contribution in [0.4, 0.5) is 0 Å². The molecule has 0 unspecified atom stereocenters. The Kier molecular flexibility index (Phi) is 7.36. The highest BCUT2D eigenvalue weighted by atomic mass is 16.6. The molecular formula is C26H28O6. The molecule has 0 saturated heterocycles. The van der Waals surface area contributed by atoms with E-state index in [0.717, 1.165) is 22.1 Å². The van der Waals surface area contributed by atoms with Crippen LogP contribution in [0.3, 0.4) is 0 Å². The molecule has 168 valence electrons. The lowest BCUT2D eigenvalue weighted by molar-refractivity contribution is -0.147. The van der Waals surface area contributed by atoms with E-state index < -0.39 is 11.6 Å². The van der Waals surface area contributed by atoms with E-state index in [9.17, 15) is 9.59 Å². The van der Waals surface area contributed by atoms with Crippen LogP contribution in [0, 0.1) is 6.92 Å². The first-order chi connectivity index (χ1) is 15.3. The molecule has 0 aliphatic rings. The predicted molar refractivity (Wildman–Crippen MR) is 124 cm³/mol. The summed E-state index contributed by atoms with van der Waals surface area (Å²) in [6.07, 6.45) is 3.86. The van der Waals surface area contributed by atoms with Crippen LogP contribution in [0.5, 0.6) is 11.5 Å². The van der Waals surface area contributed by atoms with Crippen molar-refractivity contribution in [3.05, 3.63) is 75.1 Å². The fraction of sp³-hybridized carbons (Fsp3) is 0.308. The maximum absolute atomic E-state index is 12.3. The molecule has 6 heteroatoms. The number of carbonyl (C=O) groups is 1. The third kappa shape index (κ3) is 5.38. The third-order valence-corrected chi connectivity index (χ3v) is 5.12. The highest BCUT2D eigenvalue weighted by Gasteiger charge is 2.14. The number of esters is 1. The topological polar surface area (TPSA) is 75.0 Å². The first-order valence-electron chi connectivity index (χ1n) is 10.5. The summed E-state index contributed by atoms with van der Waals surface area (Å²) in [4.78, 5) is 24.3. The second-order valence-electron chi connectivity index (χ2n) is 7.81. The number of hydrogen-bond donors (Lipinski definition) is 0. The number of fused-ring (bicyclic) bond motifs is 1. The van der Waals surface area contributed by atoms with Crippen LogP contribution in [0.25, 0.3) is 17.0 Å². The van der Waals surface area contributed by atoms with Gasteiger partial charge in [0, 0.05) is 17.0 Å². The van der Waals surface area contributed by atoms with E-state index in [-0.39, 0.29) is 13.2 Å². The SMILES string of the molecule is C/C=C/c1ccc(OCC(=O)OCc2cc(=O)oc3cc(C)c(C(C)C)cc23)c(OC)c1. The highest BCUT2D eigenvalue weighted by molar-refractivity contribution is 5.82. The van der Waals surface area contributed by atoms with Gasteiger partial charge >= 0.3 is 11.6 Å². The smallest absolute Gasteiger partial charge is 0.344 e. The second kappa shape index (κ2) is 10.2. The van der Waals surface area contributed by atoms with E-state index in [1.807, 2.05) is 50.3 Å². The van der Waals surface area contributed by atoms with Gasteiger partial charge in [-0.05, 0) is 60.7 Å². The van der Waals surface area contributed by atoms with Crippen LogP contribution in [0.2, 0.25) is 0 Å². The molecule has 0 spiro atoms. The van der Waals surface area contributed by atoms with E-state index in [4.69, 9.17) is 18.6 Å². The third-order valence-electron chi connectivity index (χ3n) is 5.12. The van der Waals surface area contributed by atoms with Gasteiger partial charge in [0.05, 0.1) is 7.11 Å². The summed E-state index contributed by atoms with van der Waals surface area (Å²) in [5.41, 5.74) is 3.75. The Morgan fingerprint density at radius 1 is 1.12 bits per heavy atom. The number of aryl methyl sites for hydroxylation is 1. The quantitative estimate of drug-likeness (QED) is 0.348. The van der Waals surface area contributed by atoms with Crippen LogP contribution in [-0.2, 0) is 16.1 Å². The van der Waals surface area contributed by atoms with Gasteiger partial charge in [-0.25, -0.2) is 9.59 Å². The first-order valence-corrected chi connectivity index (χ1v) is 10.5. The fourth-order valence-electron chi connectivity index (χ4n) is 3.57. The lowest BCUT2D eigenvalue weighted by Gasteiger charge is -2.14. The molecule has 0 atom stereocenters. The minimum atomic E-state index is -0.554. The van der Waals surface area contributed by atoms with Gasteiger partial charge in [-0.3, -0.25) is 0 Å². The Bertz CT molecular complexity index is 1200. The van der Waals surface area contributed by atoms with Gasteiger partial charge in [0.25, 0.3) is 0 Å². The summed E-state index contributed by atoms with van der Waals surface area (Å²) in [5, 5.41) is 0.758.